The molecular formula is C53H93NO5. The summed E-state index contributed by atoms with van der Waals surface area (Å²) < 4.78 is 5.81. The van der Waals surface area contributed by atoms with Crippen LogP contribution < -0.4 is 5.32 Å². The number of hydrogen-bond donors (Lipinski definition) is 3. The molecule has 0 saturated carbocycles. The lowest BCUT2D eigenvalue weighted by molar-refractivity contribution is -0.148. The molecular weight excluding hydrogens is 731 g/mol. The molecule has 0 aliphatic rings. The number of aliphatic hydroxyl groups excluding tert-OH is 2. The zero-order valence-electron chi connectivity index (χ0n) is 38.6. The Hall–Kier alpha value is -2.70. The van der Waals surface area contributed by atoms with Gasteiger partial charge >= 0.3 is 5.97 Å². The minimum Gasteiger partial charge on any atom is -0.458 e. The second-order valence-electron chi connectivity index (χ2n) is 16.5. The average Bonchev–Trinajstić information content (AvgIpc) is 3.23. The number of carbonyl (C=O) groups is 2. The summed E-state index contributed by atoms with van der Waals surface area (Å²) in [6.45, 7) is 6.31. The van der Waals surface area contributed by atoms with Gasteiger partial charge in [0.05, 0.1) is 25.2 Å². The maximum Gasteiger partial charge on any atom is 0.306 e. The third kappa shape index (κ3) is 41.8. The van der Waals surface area contributed by atoms with Gasteiger partial charge in [0.25, 0.3) is 0 Å². The molecule has 0 fully saturated rings. The minimum atomic E-state index is -0.819. The van der Waals surface area contributed by atoms with E-state index >= 15 is 0 Å². The third-order valence-electron chi connectivity index (χ3n) is 10.8. The van der Waals surface area contributed by atoms with E-state index in [-0.39, 0.29) is 24.9 Å². The van der Waals surface area contributed by atoms with Crippen LogP contribution in [0.1, 0.15) is 226 Å². The summed E-state index contributed by atoms with van der Waals surface area (Å²) in [7, 11) is 0. The summed E-state index contributed by atoms with van der Waals surface area (Å²) >= 11 is 0. The van der Waals surface area contributed by atoms with Gasteiger partial charge in [-0.1, -0.05) is 229 Å². The molecule has 0 spiro atoms. The maximum atomic E-state index is 13.1. The Balaban J connectivity index is 4.78. The summed E-state index contributed by atoms with van der Waals surface area (Å²) in [4.78, 5) is 26.0. The van der Waals surface area contributed by atoms with Crippen molar-refractivity contribution in [2.45, 2.75) is 244 Å². The largest absolute Gasteiger partial charge is 0.458 e. The highest BCUT2D eigenvalue weighted by atomic mass is 16.5. The van der Waals surface area contributed by atoms with Crippen LogP contribution in [0.15, 0.2) is 72.9 Å². The first-order valence-corrected chi connectivity index (χ1v) is 24.7. The number of nitrogens with one attached hydrogen (secondary N) is 1. The lowest BCUT2D eigenvalue weighted by Crippen LogP contribution is -2.46. The number of hydrogen-bond acceptors (Lipinski definition) is 5. The number of esters is 1. The van der Waals surface area contributed by atoms with Crippen LogP contribution in [0.2, 0.25) is 0 Å². The van der Waals surface area contributed by atoms with Gasteiger partial charge in [-0.15, -0.1) is 0 Å². The van der Waals surface area contributed by atoms with Crippen LogP contribution in [0.25, 0.3) is 0 Å². The molecule has 0 aliphatic carbocycles. The van der Waals surface area contributed by atoms with Gasteiger partial charge in [-0.2, -0.15) is 0 Å². The van der Waals surface area contributed by atoms with Crippen LogP contribution in [0.4, 0.5) is 0 Å². The van der Waals surface area contributed by atoms with Crippen molar-refractivity contribution in [3.63, 3.8) is 0 Å². The van der Waals surface area contributed by atoms with Crippen molar-refractivity contribution in [3.05, 3.63) is 72.9 Å². The number of allylic oxidation sites excluding steroid dienone is 11. The number of ether oxygens (including phenoxy) is 1. The van der Waals surface area contributed by atoms with Gasteiger partial charge in [0.1, 0.15) is 6.10 Å². The predicted molar refractivity (Wildman–Crippen MR) is 255 cm³/mol. The van der Waals surface area contributed by atoms with Crippen molar-refractivity contribution < 1.29 is 24.5 Å². The first kappa shape index (κ1) is 56.3. The van der Waals surface area contributed by atoms with E-state index in [4.69, 9.17) is 4.74 Å². The molecule has 6 nitrogen and oxygen atoms in total. The molecule has 0 saturated heterocycles. The molecule has 0 rings (SSSR count). The SMILES string of the molecule is CC/C=C\C/C=C\C/C=C\C/C=C\C/C=C\C/C=C\C(CC(=O)NC(CO)C(O)CCCCCCCCCCC)OC(=O)CCCCCCCCCCCCCCCC. The van der Waals surface area contributed by atoms with Crippen molar-refractivity contribution in [2.24, 2.45) is 0 Å². The number of rotatable bonds is 43. The lowest BCUT2D eigenvalue weighted by atomic mass is 10.0. The summed E-state index contributed by atoms with van der Waals surface area (Å²) in [5, 5.41) is 23.6. The molecule has 59 heavy (non-hydrogen) atoms. The van der Waals surface area contributed by atoms with Crippen LogP contribution in [0, 0.1) is 0 Å². The summed E-state index contributed by atoms with van der Waals surface area (Å²) in [5.74, 6) is -0.630. The van der Waals surface area contributed by atoms with Crippen LogP contribution in [-0.2, 0) is 14.3 Å². The predicted octanol–water partition coefficient (Wildman–Crippen LogP) is 14.6. The van der Waals surface area contributed by atoms with Crippen molar-refractivity contribution in [1.29, 1.82) is 0 Å². The Morgan fingerprint density at radius 3 is 1.29 bits per heavy atom. The molecule has 0 radical (unpaired) electrons. The Bertz CT molecular complexity index is 1110. The van der Waals surface area contributed by atoms with Gasteiger partial charge in [-0.05, 0) is 57.4 Å². The molecule has 0 bridgehead atoms. The quantitative estimate of drug-likeness (QED) is 0.0323. The number of amides is 1. The molecule has 3 atom stereocenters. The van der Waals surface area contributed by atoms with E-state index in [1.54, 1.807) is 6.08 Å². The highest BCUT2D eigenvalue weighted by Crippen LogP contribution is 2.16. The Kier molecular flexibility index (Phi) is 44.2. The molecule has 0 aromatic heterocycles. The van der Waals surface area contributed by atoms with Gasteiger partial charge < -0.3 is 20.3 Å². The maximum absolute atomic E-state index is 13.1. The fraction of sp³-hybridized carbons (Fsp3) is 0.736. The van der Waals surface area contributed by atoms with Crippen molar-refractivity contribution in [3.8, 4) is 0 Å². The molecule has 0 heterocycles. The third-order valence-corrected chi connectivity index (χ3v) is 10.8. The Morgan fingerprint density at radius 2 is 0.881 bits per heavy atom. The van der Waals surface area contributed by atoms with E-state index < -0.39 is 18.2 Å². The molecule has 3 unspecified atom stereocenters. The van der Waals surface area contributed by atoms with Crippen LogP contribution in [-0.4, -0.2) is 46.9 Å². The van der Waals surface area contributed by atoms with E-state index in [1.165, 1.54) is 109 Å². The Labute approximate surface area is 364 Å². The smallest absolute Gasteiger partial charge is 0.306 e. The fourth-order valence-corrected chi connectivity index (χ4v) is 7.07. The van der Waals surface area contributed by atoms with E-state index in [9.17, 15) is 19.8 Å². The topological polar surface area (TPSA) is 95.9 Å². The second-order valence-corrected chi connectivity index (χ2v) is 16.5. The highest BCUT2D eigenvalue weighted by Gasteiger charge is 2.23. The summed E-state index contributed by atoms with van der Waals surface area (Å²) in [6, 6.07) is -0.742. The molecule has 0 aromatic rings. The van der Waals surface area contributed by atoms with Gasteiger partial charge in [0.15, 0.2) is 0 Å². The first-order chi connectivity index (χ1) is 29.0. The van der Waals surface area contributed by atoms with Gasteiger partial charge in [-0.3, -0.25) is 9.59 Å². The monoisotopic (exact) mass is 824 g/mol. The minimum absolute atomic E-state index is 0.0477. The van der Waals surface area contributed by atoms with Gasteiger partial charge in [-0.25, -0.2) is 0 Å². The molecule has 0 aliphatic heterocycles. The molecule has 6 heteroatoms. The number of unbranched alkanes of at least 4 members (excludes halogenated alkanes) is 21. The summed E-state index contributed by atoms with van der Waals surface area (Å²) in [6.07, 6.45) is 58.5. The molecule has 340 valence electrons. The summed E-state index contributed by atoms with van der Waals surface area (Å²) in [5.41, 5.74) is 0. The highest BCUT2D eigenvalue weighted by molar-refractivity contribution is 5.78. The lowest BCUT2D eigenvalue weighted by Gasteiger charge is -2.23. The Morgan fingerprint density at radius 1 is 0.508 bits per heavy atom. The normalized spacial score (nSPS) is 13.9. The zero-order chi connectivity index (χ0) is 43.1. The number of aliphatic hydroxyl groups is 2. The van der Waals surface area contributed by atoms with Gasteiger partial charge in [0, 0.05) is 6.42 Å². The van der Waals surface area contributed by atoms with Crippen molar-refractivity contribution in [1.82, 2.24) is 5.32 Å². The van der Waals surface area contributed by atoms with Crippen LogP contribution in [0.5, 0.6) is 0 Å². The van der Waals surface area contributed by atoms with Crippen LogP contribution >= 0.6 is 0 Å². The van der Waals surface area contributed by atoms with E-state index in [1.807, 2.05) is 6.08 Å². The first-order valence-electron chi connectivity index (χ1n) is 24.7. The van der Waals surface area contributed by atoms with E-state index in [0.717, 1.165) is 70.6 Å². The second kappa shape index (κ2) is 46.4. The fourth-order valence-electron chi connectivity index (χ4n) is 7.07. The number of carbonyl (C=O) groups excluding carboxylic acids is 2. The van der Waals surface area contributed by atoms with E-state index in [0.29, 0.717) is 19.3 Å². The zero-order valence-corrected chi connectivity index (χ0v) is 38.6. The van der Waals surface area contributed by atoms with Crippen LogP contribution in [0.3, 0.4) is 0 Å². The molecule has 1 amide bonds. The van der Waals surface area contributed by atoms with E-state index in [2.05, 4.69) is 86.8 Å². The standard InChI is InChI=1S/C53H93NO5/c1-4-7-10-13-16-19-21-23-25-26-27-28-30-33-35-38-41-44-49(59-53(58)46-43-40-37-34-31-29-24-22-20-17-14-11-8-5-2)47-52(57)54-50(48-55)51(56)45-42-39-36-32-18-15-12-9-6-3/h7,10,16,19,23,25,27-28,33,35,41,44,49-51,55-56H,4-6,8-9,11-15,17-18,20-22,24,26,29-32,34,36-40,42-43,45-48H2,1-3H3,(H,54,57)/b10-7-,19-16-,25-23-,28-27-,35-33-,44-41-. The average molecular weight is 824 g/mol. The van der Waals surface area contributed by atoms with Crippen molar-refractivity contribution in [2.75, 3.05) is 6.61 Å². The molecule has 3 N–H and O–H groups in total. The molecule has 0 aromatic carbocycles. The van der Waals surface area contributed by atoms with Crippen molar-refractivity contribution >= 4 is 11.9 Å². The van der Waals surface area contributed by atoms with Gasteiger partial charge in [0.2, 0.25) is 5.91 Å².